The molecule has 150 valence electrons. The number of hydrogen-bond acceptors (Lipinski definition) is 4. The van der Waals surface area contributed by atoms with E-state index in [9.17, 15) is 13.2 Å². The SMILES string of the molecule is CCOC1CCN(C(=O)c2cccc(NS(=O)(=O)c3ccc(Br)cc3)c2)CC1. The van der Waals surface area contributed by atoms with Gasteiger partial charge in [0.25, 0.3) is 15.9 Å². The Kier molecular flexibility index (Phi) is 6.74. The summed E-state index contributed by atoms with van der Waals surface area (Å²) < 4.78 is 34.1. The summed E-state index contributed by atoms with van der Waals surface area (Å²) in [4.78, 5) is 14.7. The number of rotatable bonds is 6. The first kappa shape index (κ1) is 20.8. The van der Waals surface area contributed by atoms with Crippen molar-refractivity contribution >= 4 is 37.5 Å². The third-order valence-electron chi connectivity index (χ3n) is 4.62. The quantitative estimate of drug-likeness (QED) is 0.700. The van der Waals surface area contributed by atoms with Crippen LogP contribution < -0.4 is 4.72 Å². The van der Waals surface area contributed by atoms with Gasteiger partial charge in [-0.25, -0.2) is 8.42 Å². The van der Waals surface area contributed by atoms with E-state index in [1.807, 2.05) is 6.92 Å². The van der Waals surface area contributed by atoms with Gasteiger partial charge in [0.05, 0.1) is 11.0 Å². The number of carbonyl (C=O) groups is 1. The molecule has 1 N–H and O–H groups in total. The zero-order valence-corrected chi connectivity index (χ0v) is 18.0. The zero-order chi connectivity index (χ0) is 20.1. The van der Waals surface area contributed by atoms with Gasteiger partial charge in [-0.15, -0.1) is 0 Å². The topological polar surface area (TPSA) is 75.7 Å². The minimum Gasteiger partial charge on any atom is -0.378 e. The minimum atomic E-state index is -3.72. The predicted molar refractivity (Wildman–Crippen MR) is 112 cm³/mol. The summed E-state index contributed by atoms with van der Waals surface area (Å²) in [5.74, 6) is -0.0976. The Hall–Kier alpha value is -1.90. The predicted octanol–water partition coefficient (Wildman–Crippen LogP) is 3.89. The first-order chi connectivity index (χ1) is 13.4. The summed E-state index contributed by atoms with van der Waals surface area (Å²) in [7, 11) is -3.72. The third kappa shape index (κ3) is 5.12. The van der Waals surface area contributed by atoms with Crippen molar-refractivity contribution < 1.29 is 17.9 Å². The minimum absolute atomic E-state index is 0.0976. The number of hydrogen-bond donors (Lipinski definition) is 1. The monoisotopic (exact) mass is 466 g/mol. The van der Waals surface area contributed by atoms with Crippen LogP contribution in [0.1, 0.15) is 30.1 Å². The van der Waals surface area contributed by atoms with Gasteiger partial charge in [-0.3, -0.25) is 9.52 Å². The van der Waals surface area contributed by atoms with Crippen LogP contribution in [-0.2, 0) is 14.8 Å². The van der Waals surface area contributed by atoms with Crippen molar-refractivity contribution in [1.82, 2.24) is 4.90 Å². The molecule has 28 heavy (non-hydrogen) atoms. The van der Waals surface area contributed by atoms with Crippen LogP contribution in [0.25, 0.3) is 0 Å². The fourth-order valence-electron chi connectivity index (χ4n) is 3.19. The lowest BCUT2D eigenvalue weighted by molar-refractivity contribution is 0.0146. The maximum absolute atomic E-state index is 12.8. The van der Waals surface area contributed by atoms with E-state index in [0.717, 1.165) is 17.3 Å². The number of ether oxygens (including phenoxy) is 1. The van der Waals surface area contributed by atoms with Crippen LogP contribution in [0.5, 0.6) is 0 Å². The fraction of sp³-hybridized carbons (Fsp3) is 0.350. The highest BCUT2D eigenvalue weighted by molar-refractivity contribution is 9.10. The standard InChI is InChI=1S/C20H23BrN2O4S/c1-2-27-18-10-12-23(13-11-18)20(24)15-4-3-5-17(14-15)22-28(25,26)19-8-6-16(21)7-9-19/h3-9,14,18,22H,2,10-13H2,1H3. The van der Waals surface area contributed by atoms with E-state index in [0.29, 0.717) is 30.9 Å². The molecule has 2 aromatic rings. The third-order valence-corrected chi connectivity index (χ3v) is 6.54. The van der Waals surface area contributed by atoms with Crippen LogP contribution >= 0.6 is 15.9 Å². The van der Waals surface area contributed by atoms with Gasteiger partial charge in [0, 0.05) is 35.4 Å². The van der Waals surface area contributed by atoms with Gasteiger partial charge in [0.2, 0.25) is 0 Å². The molecule has 0 bridgehead atoms. The number of halogens is 1. The maximum Gasteiger partial charge on any atom is 0.261 e. The zero-order valence-electron chi connectivity index (χ0n) is 15.6. The Morgan fingerprint density at radius 2 is 1.86 bits per heavy atom. The van der Waals surface area contributed by atoms with Crippen molar-refractivity contribution in [3.8, 4) is 0 Å². The largest absolute Gasteiger partial charge is 0.378 e. The van der Waals surface area contributed by atoms with Gasteiger partial charge >= 0.3 is 0 Å². The lowest BCUT2D eigenvalue weighted by Gasteiger charge is -2.31. The molecule has 6 nitrogen and oxygen atoms in total. The number of benzene rings is 2. The number of amides is 1. The average Bonchev–Trinajstić information content (AvgIpc) is 2.68. The van der Waals surface area contributed by atoms with E-state index in [-0.39, 0.29) is 16.9 Å². The van der Waals surface area contributed by atoms with E-state index >= 15 is 0 Å². The highest BCUT2D eigenvalue weighted by Crippen LogP contribution is 2.21. The van der Waals surface area contributed by atoms with Crippen molar-refractivity contribution in [2.24, 2.45) is 0 Å². The summed E-state index contributed by atoms with van der Waals surface area (Å²) in [5, 5.41) is 0. The summed E-state index contributed by atoms with van der Waals surface area (Å²) in [6, 6.07) is 13.0. The van der Waals surface area contributed by atoms with Gasteiger partial charge in [0.1, 0.15) is 0 Å². The van der Waals surface area contributed by atoms with E-state index < -0.39 is 10.0 Å². The molecular formula is C20H23BrN2O4S. The molecule has 0 atom stereocenters. The van der Waals surface area contributed by atoms with Crippen LogP contribution in [-0.4, -0.2) is 45.0 Å². The van der Waals surface area contributed by atoms with Gasteiger partial charge in [-0.05, 0) is 62.2 Å². The van der Waals surface area contributed by atoms with Crippen molar-refractivity contribution in [2.75, 3.05) is 24.4 Å². The molecule has 0 aliphatic carbocycles. The number of nitrogens with one attached hydrogen (secondary N) is 1. The van der Waals surface area contributed by atoms with E-state index in [1.165, 1.54) is 12.1 Å². The molecule has 1 aliphatic heterocycles. The summed E-state index contributed by atoms with van der Waals surface area (Å²) in [5.41, 5.74) is 0.823. The number of nitrogens with zero attached hydrogens (tertiary/aromatic N) is 1. The van der Waals surface area contributed by atoms with Crippen molar-refractivity contribution in [2.45, 2.75) is 30.8 Å². The second kappa shape index (κ2) is 9.07. The van der Waals surface area contributed by atoms with Crippen LogP contribution in [0, 0.1) is 0 Å². The van der Waals surface area contributed by atoms with E-state index in [4.69, 9.17) is 4.74 Å². The molecule has 1 aliphatic rings. The molecule has 1 heterocycles. The Bertz CT molecular complexity index is 923. The number of anilines is 1. The van der Waals surface area contributed by atoms with Crippen molar-refractivity contribution in [3.63, 3.8) is 0 Å². The molecule has 3 rings (SSSR count). The molecule has 0 unspecified atom stereocenters. The molecule has 1 amide bonds. The molecular weight excluding hydrogens is 444 g/mol. The highest BCUT2D eigenvalue weighted by Gasteiger charge is 2.24. The van der Waals surface area contributed by atoms with Crippen LogP contribution in [0.3, 0.4) is 0 Å². The second-order valence-electron chi connectivity index (χ2n) is 6.59. The maximum atomic E-state index is 12.8. The number of sulfonamides is 1. The van der Waals surface area contributed by atoms with Gasteiger partial charge in [-0.2, -0.15) is 0 Å². The molecule has 0 radical (unpaired) electrons. The summed E-state index contributed by atoms with van der Waals surface area (Å²) in [6.07, 6.45) is 1.84. The van der Waals surface area contributed by atoms with Gasteiger partial charge in [0.15, 0.2) is 0 Å². The molecule has 0 spiro atoms. The highest BCUT2D eigenvalue weighted by atomic mass is 79.9. The molecule has 0 aromatic heterocycles. The Balaban J connectivity index is 1.70. The number of likely N-dealkylation sites (tertiary alicyclic amines) is 1. The Morgan fingerprint density at radius 3 is 2.50 bits per heavy atom. The van der Waals surface area contributed by atoms with Crippen LogP contribution in [0.2, 0.25) is 0 Å². The molecule has 1 fully saturated rings. The first-order valence-corrected chi connectivity index (χ1v) is 11.5. The lowest BCUT2D eigenvalue weighted by atomic mass is 10.1. The van der Waals surface area contributed by atoms with Gasteiger partial charge in [-0.1, -0.05) is 22.0 Å². The van der Waals surface area contributed by atoms with E-state index in [1.54, 1.807) is 41.3 Å². The smallest absolute Gasteiger partial charge is 0.261 e. The lowest BCUT2D eigenvalue weighted by Crippen LogP contribution is -2.40. The Morgan fingerprint density at radius 1 is 1.18 bits per heavy atom. The second-order valence-corrected chi connectivity index (χ2v) is 9.19. The molecule has 2 aromatic carbocycles. The van der Waals surface area contributed by atoms with Crippen molar-refractivity contribution in [1.29, 1.82) is 0 Å². The number of carbonyl (C=O) groups excluding carboxylic acids is 1. The van der Waals surface area contributed by atoms with Gasteiger partial charge < -0.3 is 9.64 Å². The first-order valence-electron chi connectivity index (χ1n) is 9.18. The molecule has 1 saturated heterocycles. The summed E-state index contributed by atoms with van der Waals surface area (Å²) >= 11 is 3.29. The average molecular weight is 467 g/mol. The molecule has 8 heteroatoms. The van der Waals surface area contributed by atoms with Crippen LogP contribution in [0.4, 0.5) is 5.69 Å². The molecule has 0 saturated carbocycles. The Labute approximate surface area is 174 Å². The normalized spacial score (nSPS) is 15.4. The van der Waals surface area contributed by atoms with E-state index in [2.05, 4.69) is 20.7 Å². The van der Waals surface area contributed by atoms with Crippen molar-refractivity contribution in [3.05, 3.63) is 58.6 Å². The van der Waals surface area contributed by atoms with Crippen LogP contribution in [0.15, 0.2) is 57.9 Å². The summed E-state index contributed by atoms with van der Waals surface area (Å²) in [6.45, 7) is 3.92. The number of piperidine rings is 1. The fourth-order valence-corrected chi connectivity index (χ4v) is 4.50.